The number of fused-ring (bicyclic) bond motifs is 1. The van der Waals surface area contributed by atoms with Crippen LogP contribution in [0.4, 0.5) is 36.2 Å². The van der Waals surface area contributed by atoms with E-state index in [4.69, 9.17) is 10.5 Å². The van der Waals surface area contributed by atoms with Crippen LogP contribution < -0.4 is 9.62 Å². The number of nitriles is 2. The summed E-state index contributed by atoms with van der Waals surface area (Å²) in [6, 6.07) is 6.24. The molecule has 1 aliphatic rings. The second-order valence-corrected chi connectivity index (χ2v) is 8.34. The number of aromatic nitrogens is 2. The van der Waals surface area contributed by atoms with E-state index in [1.807, 2.05) is 0 Å². The number of aryl methyl sites for hydroxylation is 1. The number of nitrogens with zero attached hydrogens (tertiary/aromatic N) is 7. The maximum atomic E-state index is 12.9. The Hall–Kier alpha value is -3.65. The summed E-state index contributed by atoms with van der Waals surface area (Å²) in [5.41, 5.74) is -5.03. The first kappa shape index (κ1) is 22.0. The second-order valence-electron chi connectivity index (χ2n) is 6.67. The van der Waals surface area contributed by atoms with Crippen molar-refractivity contribution in [2.75, 3.05) is 23.2 Å². The van der Waals surface area contributed by atoms with Crippen molar-refractivity contribution in [1.82, 2.24) is 9.55 Å². The summed E-state index contributed by atoms with van der Waals surface area (Å²) in [6.45, 7) is 0.653. The average molecular weight is 452 g/mol. The molecule has 1 aromatic heterocycles. The third kappa shape index (κ3) is 4.15. The van der Waals surface area contributed by atoms with Crippen molar-refractivity contribution in [3.63, 3.8) is 0 Å². The normalized spacial score (nSPS) is 14.2. The molecule has 2 aromatic rings. The highest BCUT2D eigenvalue weighted by atomic mass is 32.2. The Morgan fingerprint density at radius 2 is 1.90 bits per heavy atom. The van der Waals surface area contributed by atoms with E-state index in [2.05, 4.69) is 15.2 Å². The van der Waals surface area contributed by atoms with Crippen molar-refractivity contribution in [3.8, 4) is 12.1 Å². The molecule has 0 amide bonds. The fourth-order valence-electron chi connectivity index (χ4n) is 3.05. The number of sulfonamides is 1. The first-order valence-corrected chi connectivity index (χ1v) is 10.2. The molecule has 1 N–H and O–H groups in total. The van der Waals surface area contributed by atoms with Crippen LogP contribution in [-0.4, -0.2) is 37.1 Å². The molecule has 0 spiro atoms. The van der Waals surface area contributed by atoms with Gasteiger partial charge in [-0.3, -0.25) is 4.72 Å². The highest BCUT2D eigenvalue weighted by molar-refractivity contribution is 7.93. The Bertz CT molecular complexity index is 1250. The summed E-state index contributed by atoms with van der Waals surface area (Å²) in [5.74, 6) is -0.146. The van der Waals surface area contributed by atoms with Crippen LogP contribution in [-0.2, 0) is 23.5 Å². The zero-order valence-corrected chi connectivity index (χ0v) is 17.1. The number of benzene rings is 1. The van der Waals surface area contributed by atoms with Gasteiger partial charge < -0.3 is 9.47 Å². The minimum atomic E-state index is -5.70. The zero-order chi connectivity index (χ0) is 23.0. The van der Waals surface area contributed by atoms with E-state index in [-0.39, 0.29) is 23.0 Å². The average Bonchev–Trinajstić information content (AvgIpc) is 3.00. The first-order valence-electron chi connectivity index (χ1n) is 8.74. The molecule has 0 saturated carbocycles. The molecule has 0 saturated heterocycles. The van der Waals surface area contributed by atoms with Crippen LogP contribution >= 0.6 is 0 Å². The summed E-state index contributed by atoms with van der Waals surface area (Å²) in [5, 5.41) is 25.8. The van der Waals surface area contributed by atoms with E-state index in [1.54, 1.807) is 24.1 Å². The number of hydrogen-bond acceptors (Lipinski definition) is 8. The van der Waals surface area contributed by atoms with Crippen LogP contribution in [0.25, 0.3) is 0 Å². The summed E-state index contributed by atoms with van der Waals surface area (Å²) < 4.78 is 64.8. The van der Waals surface area contributed by atoms with Crippen molar-refractivity contribution in [2.24, 2.45) is 17.3 Å². The Kier molecular flexibility index (Phi) is 5.61. The highest BCUT2D eigenvalue weighted by Crippen LogP contribution is 2.39. The quantitative estimate of drug-likeness (QED) is 0.707. The van der Waals surface area contributed by atoms with E-state index in [0.29, 0.717) is 18.7 Å². The number of hydrogen-bond donors (Lipinski definition) is 1. The molecule has 14 heteroatoms. The molecule has 1 aromatic carbocycles. The van der Waals surface area contributed by atoms with Gasteiger partial charge in [-0.1, -0.05) is 0 Å². The fourth-order valence-corrected chi connectivity index (χ4v) is 3.62. The maximum Gasteiger partial charge on any atom is 0.516 e. The van der Waals surface area contributed by atoms with Gasteiger partial charge in [-0.05, 0) is 30.5 Å². The molecule has 0 aliphatic carbocycles. The van der Waals surface area contributed by atoms with Crippen LogP contribution in [0.15, 0.2) is 22.4 Å². The Morgan fingerprint density at radius 1 is 1.19 bits per heavy atom. The predicted molar refractivity (Wildman–Crippen MR) is 103 cm³/mol. The molecule has 162 valence electrons. The number of rotatable bonds is 4. The molecule has 2 heterocycles. The van der Waals surface area contributed by atoms with Gasteiger partial charge in [0.2, 0.25) is 0 Å². The van der Waals surface area contributed by atoms with E-state index in [0.717, 1.165) is 12.0 Å². The molecule has 0 radical (unpaired) electrons. The van der Waals surface area contributed by atoms with Crippen LogP contribution in [0.1, 0.15) is 23.4 Å². The number of azo groups is 1. The van der Waals surface area contributed by atoms with Gasteiger partial charge in [0.15, 0.2) is 11.4 Å². The minimum absolute atomic E-state index is 0.0680. The number of alkyl halides is 3. The van der Waals surface area contributed by atoms with Crippen molar-refractivity contribution in [3.05, 3.63) is 29.1 Å². The van der Waals surface area contributed by atoms with E-state index in [1.165, 1.54) is 28.5 Å². The van der Waals surface area contributed by atoms with E-state index >= 15 is 0 Å². The molecule has 0 bridgehead atoms. The lowest BCUT2D eigenvalue weighted by Gasteiger charge is -2.28. The number of imidazole rings is 1. The monoisotopic (exact) mass is 452 g/mol. The van der Waals surface area contributed by atoms with Gasteiger partial charge in [0.05, 0.1) is 5.69 Å². The van der Waals surface area contributed by atoms with Gasteiger partial charge in [0, 0.05) is 26.3 Å². The molecule has 0 atom stereocenters. The lowest BCUT2D eigenvalue weighted by molar-refractivity contribution is -0.0429. The summed E-state index contributed by atoms with van der Waals surface area (Å²) >= 11 is 0. The van der Waals surface area contributed by atoms with Gasteiger partial charge in [0.25, 0.3) is 5.95 Å². The Balaban J connectivity index is 2.11. The number of nitrogens with one attached hydrogen (secondary N) is 1. The molecular weight excluding hydrogens is 437 g/mol. The smallest absolute Gasteiger partial charge is 0.374 e. The summed E-state index contributed by atoms with van der Waals surface area (Å²) in [6.07, 6.45) is 1.41. The van der Waals surface area contributed by atoms with Gasteiger partial charge in [-0.15, -0.1) is 10.2 Å². The summed E-state index contributed by atoms with van der Waals surface area (Å²) in [7, 11) is -2.55. The third-order valence-electron chi connectivity index (χ3n) is 4.63. The first-order chi connectivity index (χ1) is 14.5. The number of anilines is 2. The fraction of sp³-hybridized carbons (Fsp3) is 0.353. The van der Waals surface area contributed by atoms with Gasteiger partial charge in [-0.2, -0.15) is 37.1 Å². The van der Waals surface area contributed by atoms with Crippen LogP contribution in [0, 0.1) is 22.7 Å². The number of halogens is 3. The van der Waals surface area contributed by atoms with Crippen LogP contribution in [0.5, 0.6) is 0 Å². The molecule has 3 rings (SSSR count). The van der Waals surface area contributed by atoms with Crippen molar-refractivity contribution in [2.45, 2.75) is 18.3 Å². The topological polar surface area (TPSA) is 140 Å². The van der Waals surface area contributed by atoms with Gasteiger partial charge in [-0.25, -0.2) is 0 Å². The second kappa shape index (κ2) is 7.88. The Morgan fingerprint density at radius 3 is 2.48 bits per heavy atom. The standard InChI is InChI=1S/C17H15F3N8O2S/c1-27-5-3-4-10-6-11(12(7-14(10)27)26-31(29,30)17(18,19)20)24-25-16-23-13(8-21)15(9-22)28(16)2/h6-7,26H,3-5H2,1-2H3. The SMILES string of the molecule is CN1CCCc2cc(N=Nc3nc(C#N)c(C#N)n3C)c(NS(=O)(=O)C(F)(F)F)cc21. The summed E-state index contributed by atoms with van der Waals surface area (Å²) in [4.78, 5) is 5.64. The maximum absolute atomic E-state index is 12.9. The highest BCUT2D eigenvalue weighted by Gasteiger charge is 2.46. The van der Waals surface area contributed by atoms with Crippen molar-refractivity contribution >= 4 is 33.0 Å². The van der Waals surface area contributed by atoms with E-state index < -0.39 is 21.2 Å². The molecule has 31 heavy (non-hydrogen) atoms. The minimum Gasteiger partial charge on any atom is -0.374 e. The van der Waals surface area contributed by atoms with Crippen molar-refractivity contribution < 1.29 is 21.6 Å². The molecule has 10 nitrogen and oxygen atoms in total. The largest absolute Gasteiger partial charge is 0.516 e. The zero-order valence-electron chi connectivity index (χ0n) is 16.3. The van der Waals surface area contributed by atoms with Gasteiger partial charge >= 0.3 is 15.5 Å². The predicted octanol–water partition coefficient (Wildman–Crippen LogP) is 3.22. The Labute approximate surface area is 175 Å². The lowest BCUT2D eigenvalue weighted by atomic mass is 10.0. The molecule has 0 fully saturated rings. The van der Waals surface area contributed by atoms with Crippen molar-refractivity contribution in [1.29, 1.82) is 10.5 Å². The molecule has 1 aliphatic heterocycles. The van der Waals surface area contributed by atoms with E-state index in [9.17, 15) is 21.6 Å². The third-order valence-corrected chi connectivity index (χ3v) is 5.73. The van der Waals surface area contributed by atoms with Gasteiger partial charge in [0.1, 0.15) is 17.8 Å². The van der Waals surface area contributed by atoms with Crippen LogP contribution in [0.2, 0.25) is 0 Å². The lowest BCUT2D eigenvalue weighted by Crippen LogP contribution is -2.30. The van der Waals surface area contributed by atoms with Crippen LogP contribution in [0.3, 0.4) is 0 Å². The molecule has 0 unspecified atom stereocenters. The molecular formula is C17H15F3N8O2S.